The average Bonchev–Trinajstić information content (AvgIpc) is 3.24. The molecule has 1 aliphatic carbocycles. The maximum absolute atomic E-state index is 6.41. The van der Waals surface area contributed by atoms with Gasteiger partial charge in [-0.2, -0.15) is 0 Å². The predicted molar refractivity (Wildman–Crippen MR) is 83.7 cm³/mol. The highest BCUT2D eigenvalue weighted by Gasteiger charge is 2.20. The van der Waals surface area contributed by atoms with Gasteiger partial charge in [0.25, 0.3) is 0 Å². The summed E-state index contributed by atoms with van der Waals surface area (Å²) in [4.78, 5) is 8.90. The molecule has 0 aliphatic heterocycles. The molecule has 21 heavy (non-hydrogen) atoms. The molecule has 1 N–H and O–H groups in total. The van der Waals surface area contributed by atoms with Crippen molar-refractivity contribution >= 4 is 22.6 Å². The fourth-order valence-corrected chi connectivity index (χ4v) is 2.70. The van der Waals surface area contributed by atoms with Gasteiger partial charge in [-0.15, -0.1) is 0 Å². The van der Waals surface area contributed by atoms with Crippen LogP contribution in [0.2, 0.25) is 5.02 Å². The molecule has 1 saturated carbocycles. The number of rotatable bonds is 4. The predicted octanol–water partition coefficient (Wildman–Crippen LogP) is 3.33. The number of fused-ring (bicyclic) bond motifs is 1. The summed E-state index contributed by atoms with van der Waals surface area (Å²) in [5, 5.41) is 4.11. The largest absolute Gasteiger partial charge is 0.310 e. The number of halogens is 1. The molecule has 1 aliphatic rings. The first-order valence-corrected chi connectivity index (χ1v) is 7.49. The van der Waals surface area contributed by atoms with Gasteiger partial charge >= 0.3 is 0 Å². The van der Waals surface area contributed by atoms with Crippen molar-refractivity contribution in [3.8, 4) is 5.82 Å². The normalized spacial score (nSPS) is 14.7. The smallest absolute Gasteiger partial charge is 0.157 e. The van der Waals surface area contributed by atoms with E-state index in [-0.39, 0.29) is 0 Å². The van der Waals surface area contributed by atoms with E-state index >= 15 is 0 Å². The Morgan fingerprint density at radius 1 is 1.24 bits per heavy atom. The lowest BCUT2D eigenvalue weighted by Crippen LogP contribution is -2.15. The van der Waals surface area contributed by atoms with E-state index in [1.54, 1.807) is 6.33 Å². The third kappa shape index (κ3) is 2.52. The molecule has 0 amide bonds. The lowest BCUT2D eigenvalue weighted by atomic mass is 10.2. The molecule has 2 aromatic heterocycles. The van der Waals surface area contributed by atoms with Crippen LogP contribution in [-0.4, -0.2) is 20.6 Å². The van der Waals surface area contributed by atoms with Crippen LogP contribution in [0.1, 0.15) is 18.4 Å². The zero-order valence-corrected chi connectivity index (χ0v) is 12.2. The van der Waals surface area contributed by atoms with Crippen LogP contribution in [0.4, 0.5) is 0 Å². The minimum atomic E-state index is 0.647. The van der Waals surface area contributed by atoms with Crippen molar-refractivity contribution in [2.75, 3.05) is 0 Å². The Morgan fingerprint density at radius 3 is 2.90 bits per heavy atom. The summed E-state index contributed by atoms with van der Waals surface area (Å²) < 4.78 is 1.93. The Kier molecular flexibility index (Phi) is 3.13. The van der Waals surface area contributed by atoms with Gasteiger partial charge in [0.05, 0.1) is 16.1 Å². The molecule has 0 atom stereocenters. The fourth-order valence-electron chi connectivity index (χ4n) is 2.42. The van der Waals surface area contributed by atoms with Crippen LogP contribution in [0.15, 0.2) is 42.9 Å². The molecule has 1 fully saturated rings. The van der Waals surface area contributed by atoms with Gasteiger partial charge in [-0.3, -0.25) is 4.57 Å². The van der Waals surface area contributed by atoms with E-state index in [2.05, 4.69) is 15.3 Å². The van der Waals surface area contributed by atoms with E-state index < -0.39 is 0 Å². The van der Waals surface area contributed by atoms with Crippen LogP contribution in [0.3, 0.4) is 0 Å². The zero-order chi connectivity index (χ0) is 14.2. The van der Waals surface area contributed by atoms with E-state index in [0.29, 0.717) is 11.1 Å². The highest BCUT2D eigenvalue weighted by molar-refractivity contribution is 6.32. The molecule has 3 aromatic rings. The molecule has 0 saturated heterocycles. The van der Waals surface area contributed by atoms with E-state index in [9.17, 15) is 0 Å². The lowest BCUT2D eigenvalue weighted by Gasteiger charge is -2.08. The van der Waals surface area contributed by atoms with Crippen LogP contribution in [-0.2, 0) is 6.54 Å². The number of benzene rings is 1. The first-order valence-electron chi connectivity index (χ1n) is 7.11. The Balaban J connectivity index is 1.67. The minimum Gasteiger partial charge on any atom is -0.310 e. The number of nitrogens with zero attached hydrogens (tertiary/aromatic N) is 3. The maximum atomic E-state index is 6.41. The van der Waals surface area contributed by atoms with Gasteiger partial charge in [0.2, 0.25) is 0 Å². The van der Waals surface area contributed by atoms with Crippen molar-refractivity contribution in [1.29, 1.82) is 0 Å². The summed E-state index contributed by atoms with van der Waals surface area (Å²) >= 11 is 6.41. The van der Waals surface area contributed by atoms with Crippen molar-refractivity contribution in [2.24, 2.45) is 0 Å². The number of hydrogen-bond donors (Lipinski definition) is 1. The van der Waals surface area contributed by atoms with Gasteiger partial charge in [0, 0.05) is 18.8 Å². The third-order valence-corrected chi connectivity index (χ3v) is 4.01. The van der Waals surface area contributed by atoms with Gasteiger partial charge < -0.3 is 5.32 Å². The zero-order valence-electron chi connectivity index (χ0n) is 11.5. The molecular weight excluding hydrogens is 284 g/mol. The van der Waals surface area contributed by atoms with Crippen LogP contribution in [0.5, 0.6) is 0 Å². The Morgan fingerprint density at radius 2 is 2.10 bits per heavy atom. The molecular formula is C16H15ClN4. The second-order valence-electron chi connectivity index (χ2n) is 5.41. The van der Waals surface area contributed by atoms with Crippen molar-refractivity contribution in [1.82, 2.24) is 19.9 Å². The number of para-hydroxylation sites is 2. The lowest BCUT2D eigenvalue weighted by molar-refractivity contribution is 0.685. The van der Waals surface area contributed by atoms with Crippen molar-refractivity contribution in [3.05, 3.63) is 53.4 Å². The summed E-state index contributed by atoms with van der Waals surface area (Å²) in [6, 6.07) is 10.6. The summed E-state index contributed by atoms with van der Waals surface area (Å²) in [6.45, 7) is 0.822. The van der Waals surface area contributed by atoms with Crippen LogP contribution >= 0.6 is 11.6 Å². The molecule has 0 bridgehead atoms. The molecule has 0 radical (unpaired) electrons. The molecule has 4 nitrogen and oxygen atoms in total. The number of aromatic nitrogens is 3. The van der Waals surface area contributed by atoms with Gasteiger partial charge in [-0.05, 0) is 36.6 Å². The molecule has 1 aromatic carbocycles. The first kappa shape index (κ1) is 12.8. The summed E-state index contributed by atoms with van der Waals surface area (Å²) in [6.07, 6.45) is 6.20. The second-order valence-corrected chi connectivity index (χ2v) is 5.81. The number of imidazole rings is 1. The number of pyridine rings is 1. The van der Waals surface area contributed by atoms with E-state index in [4.69, 9.17) is 11.6 Å². The summed E-state index contributed by atoms with van der Waals surface area (Å²) in [5.74, 6) is 0.723. The van der Waals surface area contributed by atoms with Crippen molar-refractivity contribution < 1.29 is 0 Å². The first-order chi connectivity index (χ1) is 10.3. The number of hydrogen-bond acceptors (Lipinski definition) is 3. The third-order valence-electron chi connectivity index (χ3n) is 3.73. The molecule has 106 valence electrons. The molecule has 2 heterocycles. The fraction of sp³-hybridized carbons (Fsp3) is 0.250. The highest BCUT2D eigenvalue weighted by Crippen LogP contribution is 2.24. The van der Waals surface area contributed by atoms with Crippen LogP contribution < -0.4 is 5.32 Å². The van der Waals surface area contributed by atoms with Crippen molar-refractivity contribution in [2.45, 2.75) is 25.4 Å². The number of nitrogens with one attached hydrogen (secondary N) is 1. The highest BCUT2D eigenvalue weighted by atomic mass is 35.5. The molecule has 0 unspecified atom stereocenters. The van der Waals surface area contributed by atoms with Crippen molar-refractivity contribution in [3.63, 3.8) is 0 Å². The van der Waals surface area contributed by atoms with Gasteiger partial charge in [0.1, 0.15) is 6.33 Å². The Bertz CT molecular complexity index is 792. The van der Waals surface area contributed by atoms with Gasteiger partial charge in [-0.25, -0.2) is 9.97 Å². The Labute approximate surface area is 127 Å². The van der Waals surface area contributed by atoms with E-state index in [1.807, 2.05) is 41.1 Å². The maximum Gasteiger partial charge on any atom is 0.157 e. The van der Waals surface area contributed by atoms with Gasteiger partial charge in [0.15, 0.2) is 5.82 Å². The quantitative estimate of drug-likeness (QED) is 0.803. The molecule has 4 rings (SSSR count). The van der Waals surface area contributed by atoms with Crippen LogP contribution in [0, 0.1) is 0 Å². The van der Waals surface area contributed by atoms with Crippen LogP contribution in [0.25, 0.3) is 16.9 Å². The Hall–Kier alpha value is -1.91. The molecule has 0 spiro atoms. The summed E-state index contributed by atoms with van der Waals surface area (Å²) in [7, 11) is 0. The monoisotopic (exact) mass is 298 g/mol. The standard InChI is InChI=1S/C16H15ClN4/c17-13-7-11(8-18-12-5-6-12)9-19-16(13)21-10-20-14-3-1-2-4-15(14)21/h1-4,7,9-10,12,18H,5-6,8H2. The summed E-state index contributed by atoms with van der Waals surface area (Å²) in [5.41, 5.74) is 3.06. The molecule has 5 heteroatoms. The second kappa shape index (κ2) is 5.13. The topological polar surface area (TPSA) is 42.7 Å². The minimum absolute atomic E-state index is 0.647. The van der Waals surface area contributed by atoms with E-state index in [1.165, 1.54) is 12.8 Å². The SMILES string of the molecule is Clc1cc(CNC2CC2)cnc1-n1cnc2ccccc21. The van der Waals surface area contributed by atoms with E-state index in [0.717, 1.165) is 29.0 Å². The van der Waals surface area contributed by atoms with Gasteiger partial charge in [-0.1, -0.05) is 23.7 Å². The average molecular weight is 299 g/mol.